The molecule has 15 heavy (non-hydrogen) atoms. The molecule has 0 radical (unpaired) electrons. The summed E-state index contributed by atoms with van der Waals surface area (Å²) in [5, 5.41) is 3.78. The number of nitrogens with zero attached hydrogens (tertiary/aromatic N) is 2. The van der Waals surface area contributed by atoms with Crippen LogP contribution in [-0.4, -0.2) is 15.9 Å². The van der Waals surface area contributed by atoms with E-state index < -0.39 is 0 Å². The minimum atomic E-state index is -0.0367. The molecule has 0 unspecified atom stereocenters. The van der Waals surface area contributed by atoms with Crippen molar-refractivity contribution in [2.45, 2.75) is 6.54 Å². The van der Waals surface area contributed by atoms with Crippen molar-refractivity contribution in [3.05, 3.63) is 33.7 Å². The number of rotatable bonds is 3. The van der Waals surface area contributed by atoms with E-state index in [9.17, 15) is 4.79 Å². The Hall–Kier alpha value is -1.64. The largest absolute Gasteiger partial charge is 0.331 e. The van der Waals surface area contributed by atoms with E-state index in [0.29, 0.717) is 13.1 Å². The van der Waals surface area contributed by atoms with Crippen LogP contribution in [0.15, 0.2) is 22.4 Å². The fourth-order valence-corrected chi connectivity index (χ4v) is 2.03. The average molecular weight is 220 g/mol. The topological polar surface area (TPSA) is 51.0 Å². The molecule has 0 bridgehead atoms. The summed E-state index contributed by atoms with van der Waals surface area (Å²) >= 11 is 1.45. The van der Waals surface area contributed by atoms with E-state index in [-0.39, 0.29) is 5.56 Å². The van der Waals surface area contributed by atoms with E-state index in [1.165, 1.54) is 15.7 Å². The molecule has 0 saturated carbocycles. The zero-order valence-corrected chi connectivity index (χ0v) is 8.83. The fourth-order valence-electron chi connectivity index (χ4n) is 1.30. The summed E-state index contributed by atoms with van der Waals surface area (Å²) in [7, 11) is 0. The van der Waals surface area contributed by atoms with E-state index in [2.05, 4.69) is 10.9 Å². The first-order chi connectivity index (χ1) is 7.31. The number of terminal acetylenes is 1. The molecule has 0 saturated heterocycles. The lowest BCUT2D eigenvalue weighted by Gasteiger charge is -1.98. The zero-order chi connectivity index (χ0) is 10.7. The third-order valence-corrected chi connectivity index (χ3v) is 2.73. The summed E-state index contributed by atoms with van der Waals surface area (Å²) in [4.78, 5) is 16.6. The van der Waals surface area contributed by atoms with Gasteiger partial charge in [-0.05, 0) is 5.92 Å². The van der Waals surface area contributed by atoms with Crippen molar-refractivity contribution < 1.29 is 5.32 Å². The van der Waals surface area contributed by atoms with Gasteiger partial charge in [-0.3, -0.25) is 9.20 Å². The van der Waals surface area contributed by atoms with Crippen LogP contribution in [0.4, 0.5) is 0 Å². The molecule has 0 atom stereocenters. The van der Waals surface area contributed by atoms with Gasteiger partial charge in [-0.25, -0.2) is 4.98 Å². The van der Waals surface area contributed by atoms with Crippen LogP contribution in [0.1, 0.15) is 5.69 Å². The molecule has 0 aliphatic rings. The van der Waals surface area contributed by atoms with Crippen molar-refractivity contribution >= 4 is 16.3 Å². The van der Waals surface area contributed by atoms with Crippen molar-refractivity contribution in [3.8, 4) is 12.3 Å². The molecule has 0 spiro atoms. The minimum Gasteiger partial charge on any atom is -0.331 e. The smallest absolute Gasteiger partial charge is 0.258 e. The predicted octanol–water partition coefficient (Wildman–Crippen LogP) is -0.547. The lowest BCUT2D eigenvalue weighted by molar-refractivity contribution is -0.660. The van der Waals surface area contributed by atoms with Crippen LogP contribution in [0.2, 0.25) is 0 Å². The molecule has 2 rings (SSSR count). The number of quaternary nitrogens is 1. The van der Waals surface area contributed by atoms with E-state index in [1.807, 2.05) is 10.7 Å². The highest BCUT2D eigenvalue weighted by Gasteiger charge is 2.03. The van der Waals surface area contributed by atoms with Gasteiger partial charge in [0, 0.05) is 17.6 Å². The number of nitrogens with two attached hydrogens (primary N) is 1. The van der Waals surface area contributed by atoms with Crippen LogP contribution < -0.4 is 10.9 Å². The molecule has 0 amide bonds. The second kappa shape index (κ2) is 4.26. The van der Waals surface area contributed by atoms with Crippen molar-refractivity contribution in [1.29, 1.82) is 0 Å². The van der Waals surface area contributed by atoms with Crippen molar-refractivity contribution in [3.63, 3.8) is 0 Å². The molecule has 0 fully saturated rings. The van der Waals surface area contributed by atoms with Gasteiger partial charge in [0.2, 0.25) is 0 Å². The first kappa shape index (κ1) is 9.90. The highest BCUT2D eigenvalue weighted by molar-refractivity contribution is 7.15. The summed E-state index contributed by atoms with van der Waals surface area (Å²) in [6.45, 7) is 1.25. The molecular formula is C10H10N3OS+. The molecular weight excluding hydrogens is 210 g/mol. The Morgan fingerprint density at radius 3 is 3.33 bits per heavy atom. The second-order valence-corrected chi connectivity index (χ2v) is 3.92. The van der Waals surface area contributed by atoms with Gasteiger partial charge >= 0.3 is 0 Å². The van der Waals surface area contributed by atoms with Gasteiger partial charge in [-0.1, -0.05) is 0 Å². The second-order valence-electron chi connectivity index (χ2n) is 3.04. The third-order valence-electron chi connectivity index (χ3n) is 1.97. The Balaban J connectivity index is 2.30. The van der Waals surface area contributed by atoms with Crippen LogP contribution in [-0.2, 0) is 6.54 Å². The molecule has 4 nitrogen and oxygen atoms in total. The summed E-state index contributed by atoms with van der Waals surface area (Å²) in [6.07, 6.45) is 6.86. The van der Waals surface area contributed by atoms with Crippen LogP contribution in [0, 0.1) is 12.3 Å². The maximum Gasteiger partial charge on any atom is 0.258 e. The van der Waals surface area contributed by atoms with Crippen molar-refractivity contribution in [2.24, 2.45) is 0 Å². The number of thiazole rings is 1. The Bertz CT molecular complexity index is 564. The Morgan fingerprint density at radius 2 is 2.53 bits per heavy atom. The number of fused-ring (bicyclic) bond motifs is 1. The monoisotopic (exact) mass is 220 g/mol. The van der Waals surface area contributed by atoms with Gasteiger partial charge in [-0.15, -0.1) is 17.8 Å². The van der Waals surface area contributed by atoms with Gasteiger partial charge in [0.05, 0.1) is 0 Å². The first-order valence-corrected chi connectivity index (χ1v) is 5.40. The highest BCUT2D eigenvalue weighted by atomic mass is 32.1. The average Bonchev–Trinajstić information content (AvgIpc) is 2.66. The number of hydrogen-bond donors (Lipinski definition) is 1. The van der Waals surface area contributed by atoms with Gasteiger partial charge in [0.25, 0.3) is 5.56 Å². The summed E-state index contributed by atoms with van der Waals surface area (Å²) < 4.78 is 1.54. The standard InChI is InChI=1S/C10H9N3OS/c1-2-3-11-7-8-6-9(14)13-4-5-15-10(13)12-8/h1,4-6,11H,3,7H2/p+1. The number of aromatic nitrogens is 2. The summed E-state index contributed by atoms with van der Waals surface area (Å²) in [6, 6.07) is 1.55. The molecule has 2 aromatic rings. The molecule has 5 heteroatoms. The molecule has 2 aromatic heterocycles. The van der Waals surface area contributed by atoms with E-state index in [0.717, 1.165) is 10.7 Å². The molecule has 76 valence electrons. The minimum absolute atomic E-state index is 0.0367. The summed E-state index contributed by atoms with van der Waals surface area (Å²) in [5.41, 5.74) is 0.739. The molecule has 2 heterocycles. The van der Waals surface area contributed by atoms with Crippen LogP contribution in [0.25, 0.3) is 4.96 Å². The molecule has 0 aliphatic carbocycles. The highest BCUT2D eigenvalue weighted by Crippen LogP contribution is 2.05. The zero-order valence-electron chi connectivity index (χ0n) is 8.01. The quantitative estimate of drug-likeness (QED) is 0.557. The van der Waals surface area contributed by atoms with Crippen molar-refractivity contribution in [1.82, 2.24) is 9.38 Å². The summed E-state index contributed by atoms with van der Waals surface area (Å²) in [5.74, 6) is 2.52. The van der Waals surface area contributed by atoms with Crippen LogP contribution in [0.3, 0.4) is 0 Å². The number of hydrogen-bond acceptors (Lipinski definition) is 3. The Morgan fingerprint density at radius 1 is 1.67 bits per heavy atom. The first-order valence-electron chi connectivity index (χ1n) is 4.52. The van der Waals surface area contributed by atoms with Gasteiger partial charge < -0.3 is 5.32 Å². The molecule has 0 aliphatic heterocycles. The van der Waals surface area contributed by atoms with Gasteiger partial charge in [0.1, 0.15) is 18.8 Å². The SMILES string of the molecule is C#CC[NH2+]Cc1cc(=O)n2ccsc2n1. The lowest BCUT2D eigenvalue weighted by atomic mass is 10.4. The van der Waals surface area contributed by atoms with Crippen LogP contribution >= 0.6 is 11.3 Å². The molecule has 0 aromatic carbocycles. The lowest BCUT2D eigenvalue weighted by Crippen LogP contribution is -2.82. The third kappa shape index (κ3) is 2.06. The van der Waals surface area contributed by atoms with E-state index >= 15 is 0 Å². The fraction of sp³-hybridized carbons (Fsp3) is 0.200. The van der Waals surface area contributed by atoms with Gasteiger partial charge in [0.15, 0.2) is 4.96 Å². The van der Waals surface area contributed by atoms with Crippen molar-refractivity contribution in [2.75, 3.05) is 6.54 Å². The Labute approximate surface area is 90.6 Å². The van der Waals surface area contributed by atoms with Gasteiger partial charge in [-0.2, -0.15) is 0 Å². The predicted molar refractivity (Wildman–Crippen MR) is 58.7 cm³/mol. The van der Waals surface area contributed by atoms with E-state index in [4.69, 9.17) is 6.42 Å². The van der Waals surface area contributed by atoms with Crippen LogP contribution in [0.5, 0.6) is 0 Å². The maximum atomic E-state index is 11.6. The molecule has 2 N–H and O–H groups in total. The van der Waals surface area contributed by atoms with E-state index in [1.54, 1.807) is 12.3 Å². The Kier molecular flexibility index (Phi) is 2.81. The maximum absolute atomic E-state index is 11.6. The normalized spacial score (nSPS) is 10.3.